The molecule has 9 nitrogen and oxygen atoms in total. The van der Waals surface area contributed by atoms with E-state index in [-0.39, 0.29) is 42.9 Å². The minimum Gasteiger partial charge on any atom is -0.469 e. The zero-order valence-corrected chi connectivity index (χ0v) is 23.3. The molecule has 3 amide bonds. The Morgan fingerprint density at radius 3 is 2.22 bits per heavy atom. The van der Waals surface area contributed by atoms with Gasteiger partial charge in [0.15, 0.2) is 5.78 Å². The highest BCUT2D eigenvalue weighted by atomic mass is 32.2. The molecule has 0 aliphatic heterocycles. The SMILES string of the molecule is COC(=O)CCNC(=O)[C@@H](CC(=O)[C@H](CC(C)C)NC(=O)[C@H](CCSC)NC(C)=O)Cc1ccccc1. The number of amides is 3. The molecule has 3 N–H and O–H groups in total. The summed E-state index contributed by atoms with van der Waals surface area (Å²) in [6.45, 7) is 5.35. The Morgan fingerprint density at radius 1 is 0.973 bits per heavy atom. The number of carbonyl (C=O) groups excluding carboxylic acids is 5. The molecule has 0 saturated carbocycles. The van der Waals surface area contributed by atoms with Crippen LogP contribution in [0.3, 0.4) is 0 Å². The topological polar surface area (TPSA) is 131 Å². The molecule has 1 rings (SSSR count). The minimum absolute atomic E-state index is 0.0286. The molecule has 0 aromatic heterocycles. The third-order valence-electron chi connectivity index (χ3n) is 5.72. The monoisotopic (exact) mass is 535 g/mol. The van der Waals surface area contributed by atoms with Crippen molar-refractivity contribution in [2.45, 2.75) is 65.0 Å². The van der Waals surface area contributed by atoms with Crippen molar-refractivity contribution in [3.63, 3.8) is 0 Å². The summed E-state index contributed by atoms with van der Waals surface area (Å²) in [6.07, 6.45) is 3.04. The molecule has 1 aromatic carbocycles. The zero-order chi connectivity index (χ0) is 27.8. The summed E-state index contributed by atoms with van der Waals surface area (Å²) in [5, 5.41) is 8.22. The van der Waals surface area contributed by atoms with Crippen LogP contribution in [-0.2, 0) is 35.1 Å². The number of Topliss-reactive ketones (excluding diaryl/α,β-unsaturated/α-hetero) is 1. The van der Waals surface area contributed by atoms with Crippen LogP contribution in [0.4, 0.5) is 0 Å². The highest BCUT2D eigenvalue weighted by molar-refractivity contribution is 7.98. The quantitative estimate of drug-likeness (QED) is 0.261. The number of nitrogens with one attached hydrogen (secondary N) is 3. The molecule has 1 aromatic rings. The summed E-state index contributed by atoms with van der Waals surface area (Å²) in [5.74, 6) is -1.66. The molecular formula is C27H41N3O6S. The van der Waals surface area contributed by atoms with Crippen LogP contribution in [0.2, 0.25) is 0 Å². The maximum absolute atomic E-state index is 13.4. The van der Waals surface area contributed by atoms with E-state index < -0.39 is 29.9 Å². The van der Waals surface area contributed by atoms with Gasteiger partial charge in [-0.1, -0.05) is 44.2 Å². The molecule has 10 heteroatoms. The fourth-order valence-electron chi connectivity index (χ4n) is 3.84. The third kappa shape index (κ3) is 13.3. The van der Waals surface area contributed by atoms with Crippen molar-refractivity contribution in [3.8, 4) is 0 Å². The molecule has 0 saturated heterocycles. The predicted octanol–water partition coefficient (Wildman–Crippen LogP) is 2.27. The van der Waals surface area contributed by atoms with Gasteiger partial charge in [-0.3, -0.25) is 24.0 Å². The molecule has 0 aliphatic carbocycles. The van der Waals surface area contributed by atoms with Gasteiger partial charge in [0, 0.05) is 25.8 Å². The lowest BCUT2D eigenvalue weighted by Crippen LogP contribution is -2.52. The third-order valence-corrected chi connectivity index (χ3v) is 6.36. The highest BCUT2D eigenvalue weighted by Crippen LogP contribution is 2.17. The van der Waals surface area contributed by atoms with E-state index in [0.29, 0.717) is 25.0 Å². The van der Waals surface area contributed by atoms with Gasteiger partial charge >= 0.3 is 5.97 Å². The van der Waals surface area contributed by atoms with Gasteiger partial charge in [0.2, 0.25) is 17.7 Å². The number of ether oxygens (including phenoxy) is 1. The van der Waals surface area contributed by atoms with Crippen molar-refractivity contribution in [1.82, 2.24) is 16.0 Å². The lowest BCUT2D eigenvalue weighted by Gasteiger charge is -2.25. The largest absolute Gasteiger partial charge is 0.469 e. The van der Waals surface area contributed by atoms with Gasteiger partial charge in [0.1, 0.15) is 6.04 Å². The first-order valence-corrected chi connectivity index (χ1v) is 13.9. The first-order chi connectivity index (χ1) is 17.6. The summed E-state index contributed by atoms with van der Waals surface area (Å²) in [4.78, 5) is 62.5. The first-order valence-electron chi connectivity index (χ1n) is 12.5. The summed E-state index contributed by atoms with van der Waals surface area (Å²) in [5.41, 5.74) is 0.899. The predicted molar refractivity (Wildman–Crippen MR) is 145 cm³/mol. The number of methoxy groups -OCH3 is 1. The van der Waals surface area contributed by atoms with Crippen molar-refractivity contribution < 1.29 is 28.7 Å². The average molecular weight is 536 g/mol. The maximum atomic E-state index is 13.4. The molecule has 0 radical (unpaired) electrons. The first kappa shape index (κ1) is 32.1. The number of ketones is 1. The number of esters is 1. The van der Waals surface area contributed by atoms with Gasteiger partial charge < -0.3 is 20.7 Å². The number of rotatable bonds is 17. The molecule has 0 heterocycles. The van der Waals surface area contributed by atoms with Crippen LogP contribution in [-0.4, -0.2) is 67.2 Å². The van der Waals surface area contributed by atoms with Crippen molar-refractivity contribution in [3.05, 3.63) is 35.9 Å². The Morgan fingerprint density at radius 2 is 1.65 bits per heavy atom. The number of hydrogen-bond donors (Lipinski definition) is 3. The van der Waals surface area contributed by atoms with E-state index in [9.17, 15) is 24.0 Å². The Kier molecular flexibility index (Phi) is 15.3. The average Bonchev–Trinajstić information content (AvgIpc) is 2.85. The molecule has 37 heavy (non-hydrogen) atoms. The molecule has 0 spiro atoms. The number of thioether (sulfide) groups is 1. The number of hydrogen-bond acceptors (Lipinski definition) is 7. The van der Waals surface area contributed by atoms with E-state index in [1.54, 1.807) is 11.8 Å². The second-order valence-electron chi connectivity index (χ2n) is 9.40. The maximum Gasteiger partial charge on any atom is 0.307 e. The van der Waals surface area contributed by atoms with E-state index in [4.69, 9.17) is 0 Å². The van der Waals surface area contributed by atoms with Gasteiger partial charge in [-0.2, -0.15) is 11.8 Å². The molecular weight excluding hydrogens is 494 g/mol. The van der Waals surface area contributed by atoms with Crippen LogP contribution in [0, 0.1) is 11.8 Å². The smallest absolute Gasteiger partial charge is 0.307 e. The fraction of sp³-hybridized carbons (Fsp3) is 0.593. The Hall–Kier alpha value is -2.88. The van der Waals surface area contributed by atoms with E-state index in [1.807, 2.05) is 50.4 Å². The minimum atomic E-state index is -0.792. The van der Waals surface area contributed by atoms with Gasteiger partial charge in [-0.25, -0.2) is 0 Å². The van der Waals surface area contributed by atoms with Gasteiger partial charge in [-0.05, 0) is 42.8 Å². The summed E-state index contributed by atoms with van der Waals surface area (Å²) in [7, 11) is 1.28. The van der Waals surface area contributed by atoms with Crippen LogP contribution < -0.4 is 16.0 Å². The Labute approximate surface area is 224 Å². The van der Waals surface area contributed by atoms with Crippen molar-refractivity contribution >= 4 is 41.2 Å². The Bertz CT molecular complexity index is 893. The van der Waals surface area contributed by atoms with Gasteiger partial charge in [-0.15, -0.1) is 0 Å². The zero-order valence-electron chi connectivity index (χ0n) is 22.5. The molecule has 0 bridgehead atoms. The molecule has 3 atom stereocenters. The van der Waals surface area contributed by atoms with E-state index in [2.05, 4.69) is 20.7 Å². The second kappa shape index (κ2) is 17.6. The summed E-state index contributed by atoms with van der Waals surface area (Å²) >= 11 is 1.56. The van der Waals surface area contributed by atoms with E-state index >= 15 is 0 Å². The summed E-state index contributed by atoms with van der Waals surface area (Å²) in [6, 6.07) is 7.83. The molecule has 0 aliphatic rings. The van der Waals surface area contributed by atoms with Crippen molar-refractivity contribution in [2.24, 2.45) is 11.8 Å². The van der Waals surface area contributed by atoms with Crippen LogP contribution in [0.25, 0.3) is 0 Å². The van der Waals surface area contributed by atoms with Crippen LogP contribution >= 0.6 is 11.8 Å². The highest BCUT2D eigenvalue weighted by Gasteiger charge is 2.30. The molecule has 0 unspecified atom stereocenters. The molecule has 206 valence electrons. The number of carbonyl (C=O) groups is 5. The summed E-state index contributed by atoms with van der Waals surface area (Å²) < 4.78 is 4.61. The van der Waals surface area contributed by atoms with Gasteiger partial charge in [0.25, 0.3) is 0 Å². The van der Waals surface area contributed by atoms with Crippen molar-refractivity contribution in [2.75, 3.05) is 25.7 Å². The normalized spacial score (nSPS) is 13.2. The number of benzene rings is 1. The standard InChI is InChI=1S/C27H41N3O6S/c1-18(2)15-23(30-27(35)22(12-14-37-5)29-19(3)31)24(32)17-21(16-20-9-7-6-8-10-20)26(34)28-13-11-25(33)36-4/h6-10,18,21-23H,11-17H2,1-5H3,(H,28,34)(H,29,31)(H,30,35)/t21-,22+,23+/m1/s1. The second-order valence-corrected chi connectivity index (χ2v) is 10.4. The van der Waals surface area contributed by atoms with Gasteiger partial charge in [0.05, 0.1) is 19.6 Å². The van der Waals surface area contributed by atoms with Crippen LogP contribution in [0.5, 0.6) is 0 Å². The Balaban J connectivity index is 3.03. The lowest BCUT2D eigenvalue weighted by atomic mass is 9.89. The van der Waals surface area contributed by atoms with E-state index in [1.165, 1.54) is 14.0 Å². The van der Waals surface area contributed by atoms with E-state index in [0.717, 1.165) is 5.56 Å². The van der Waals surface area contributed by atoms with Crippen LogP contribution in [0.1, 0.15) is 52.0 Å². The fourth-order valence-corrected chi connectivity index (χ4v) is 4.31. The van der Waals surface area contributed by atoms with Crippen molar-refractivity contribution in [1.29, 1.82) is 0 Å². The lowest BCUT2D eigenvalue weighted by molar-refractivity contribution is -0.140. The molecule has 0 fully saturated rings. The van der Waals surface area contributed by atoms with Crippen LogP contribution in [0.15, 0.2) is 30.3 Å².